The number of nitrogens with zero attached hydrogens (tertiary/aromatic N) is 1. The number of carbonyl (C=O) groups excluding carboxylic acids is 1. The summed E-state index contributed by atoms with van der Waals surface area (Å²) in [5.41, 5.74) is 8.03. The number of benzene rings is 2. The van der Waals surface area contributed by atoms with E-state index in [4.69, 9.17) is 10.5 Å². The van der Waals surface area contributed by atoms with Gasteiger partial charge in [0.2, 0.25) is 0 Å². The number of thiazole rings is 1. The number of carbonyl (C=O) groups is 1. The zero-order valence-corrected chi connectivity index (χ0v) is 15.1. The molecule has 0 aliphatic carbocycles. The quantitative estimate of drug-likeness (QED) is 0.703. The second kappa shape index (κ2) is 7.53. The lowest BCUT2D eigenvalue weighted by Gasteiger charge is -2.15. The summed E-state index contributed by atoms with van der Waals surface area (Å²) >= 11 is 1.44. The SMILES string of the molecule is Cc1sc(N)nc1-c1ccc(OC(C)C(=O)Nc2ccc(F)cc2)cc1. The fraction of sp³-hybridized carbons (Fsp3) is 0.158. The summed E-state index contributed by atoms with van der Waals surface area (Å²) in [6.45, 7) is 3.62. The third kappa shape index (κ3) is 4.18. The fourth-order valence-electron chi connectivity index (χ4n) is 2.41. The van der Waals surface area contributed by atoms with Crippen LogP contribution >= 0.6 is 11.3 Å². The van der Waals surface area contributed by atoms with Crippen LogP contribution in [-0.2, 0) is 4.79 Å². The molecule has 0 aliphatic heterocycles. The number of hydrogen-bond donors (Lipinski definition) is 2. The molecule has 0 fully saturated rings. The van der Waals surface area contributed by atoms with Crippen molar-refractivity contribution in [2.45, 2.75) is 20.0 Å². The highest BCUT2D eigenvalue weighted by Gasteiger charge is 2.15. The molecule has 3 rings (SSSR count). The molecule has 26 heavy (non-hydrogen) atoms. The van der Waals surface area contributed by atoms with Crippen LogP contribution in [0.4, 0.5) is 15.2 Å². The molecule has 5 nitrogen and oxygen atoms in total. The van der Waals surface area contributed by atoms with Crippen LogP contribution in [0, 0.1) is 12.7 Å². The first-order chi connectivity index (χ1) is 12.4. The van der Waals surface area contributed by atoms with Gasteiger partial charge in [0.1, 0.15) is 11.6 Å². The topological polar surface area (TPSA) is 77.2 Å². The molecule has 134 valence electrons. The average Bonchev–Trinajstić information content (AvgIpc) is 2.96. The van der Waals surface area contributed by atoms with E-state index < -0.39 is 6.10 Å². The fourth-order valence-corrected chi connectivity index (χ4v) is 3.12. The first-order valence-corrected chi connectivity index (χ1v) is 8.80. The van der Waals surface area contributed by atoms with Crippen LogP contribution in [0.1, 0.15) is 11.8 Å². The number of aromatic nitrogens is 1. The van der Waals surface area contributed by atoms with Gasteiger partial charge in [-0.3, -0.25) is 4.79 Å². The second-order valence-corrected chi connectivity index (χ2v) is 6.97. The van der Waals surface area contributed by atoms with Crippen molar-refractivity contribution in [2.75, 3.05) is 11.1 Å². The van der Waals surface area contributed by atoms with Gasteiger partial charge in [-0.05, 0) is 62.4 Å². The molecule has 0 spiro atoms. The number of nitrogens with one attached hydrogen (secondary N) is 1. The summed E-state index contributed by atoms with van der Waals surface area (Å²) in [6, 6.07) is 12.9. The minimum atomic E-state index is -0.706. The van der Waals surface area contributed by atoms with Gasteiger partial charge < -0.3 is 15.8 Å². The van der Waals surface area contributed by atoms with E-state index in [0.29, 0.717) is 16.6 Å². The molecular formula is C19H18FN3O2S. The molecule has 0 bridgehead atoms. The Kier molecular flexibility index (Phi) is 5.18. The lowest BCUT2D eigenvalue weighted by molar-refractivity contribution is -0.122. The van der Waals surface area contributed by atoms with Gasteiger partial charge in [0, 0.05) is 16.1 Å². The number of nitrogen functional groups attached to an aromatic ring is 1. The number of halogens is 1. The Hall–Kier alpha value is -2.93. The van der Waals surface area contributed by atoms with E-state index in [9.17, 15) is 9.18 Å². The molecule has 0 aliphatic rings. The normalized spacial score (nSPS) is 11.8. The van der Waals surface area contributed by atoms with Gasteiger partial charge in [0.05, 0.1) is 5.69 Å². The van der Waals surface area contributed by atoms with Crippen molar-refractivity contribution in [3.63, 3.8) is 0 Å². The predicted octanol–water partition coefficient (Wildman–Crippen LogP) is 4.25. The molecule has 1 amide bonds. The van der Waals surface area contributed by atoms with E-state index in [1.54, 1.807) is 19.1 Å². The van der Waals surface area contributed by atoms with E-state index >= 15 is 0 Å². The molecule has 0 radical (unpaired) electrons. The largest absolute Gasteiger partial charge is 0.481 e. The Morgan fingerprint density at radius 1 is 1.19 bits per heavy atom. The molecule has 3 aromatic rings. The summed E-state index contributed by atoms with van der Waals surface area (Å²) in [6.07, 6.45) is -0.706. The highest BCUT2D eigenvalue weighted by Crippen LogP contribution is 2.30. The zero-order chi connectivity index (χ0) is 18.7. The Labute approximate surface area is 154 Å². The minimum Gasteiger partial charge on any atom is -0.481 e. The number of ether oxygens (including phenoxy) is 1. The Morgan fingerprint density at radius 2 is 1.85 bits per heavy atom. The third-order valence-corrected chi connectivity index (χ3v) is 4.53. The van der Waals surface area contributed by atoms with Crippen molar-refractivity contribution in [2.24, 2.45) is 0 Å². The van der Waals surface area contributed by atoms with E-state index in [0.717, 1.165) is 16.1 Å². The highest BCUT2D eigenvalue weighted by molar-refractivity contribution is 7.15. The van der Waals surface area contributed by atoms with Crippen LogP contribution in [0.25, 0.3) is 11.3 Å². The first kappa shape index (κ1) is 17.9. The Balaban J connectivity index is 1.63. The maximum atomic E-state index is 12.9. The van der Waals surface area contributed by atoms with Gasteiger partial charge in [-0.15, -0.1) is 11.3 Å². The van der Waals surface area contributed by atoms with Crippen molar-refractivity contribution < 1.29 is 13.9 Å². The van der Waals surface area contributed by atoms with Gasteiger partial charge in [0.25, 0.3) is 5.91 Å². The number of amides is 1. The lowest BCUT2D eigenvalue weighted by Crippen LogP contribution is -2.30. The van der Waals surface area contributed by atoms with Crippen LogP contribution in [0.15, 0.2) is 48.5 Å². The highest BCUT2D eigenvalue weighted by atomic mass is 32.1. The number of hydrogen-bond acceptors (Lipinski definition) is 5. The molecule has 0 saturated heterocycles. The van der Waals surface area contributed by atoms with E-state index in [1.807, 2.05) is 19.1 Å². The first-order valence-electron chi connectivity index (χ1n) is 7.99. The number of aryl methyl sites for hydroxylation is 1. The molecule has 0 saturated carbocycles. The number of nitrogens with two attached hydrogens (primary N) is 1. The average molecular weight is 371 g/mol. The van der Waals surface area contributed by atoms with Crippen molar-refractivity contribution in [3.05, 3.63) is 59.2 Å². The summed E-state index contributed by atoms with van der Waals surface area (Å²) in [5.74, 6) is -0.107. The monoisotopic (exact) mass is 371 g/mol. The summed E-state index contributed by atoms with van der Waals surface area (Å²) in [5, 5.41) is 3.21. The standard InChI is InChI=1S/C19H18FN3O2S/c1-11(18(24)22-15-7-5-14(20)6-8-15)25-16-9-3-13(4-10-16)17-12(2)26-19(21)23-17/h3-11H,1-2H3,(H2,21,23)(H,22,24). The molecule has 1 atom stereocenters. The smallest absolute Gasteiger partial charge is 0.265 e. The van der Waals surface area contributed by atoms with E-state index in [2.05, 4.69) is 10.3 Å². The van der Waals surface area contributed by atoms with Crippen molar-refractivity contribution in [1.29, 1.82) is 0 Å². The zero-order valence-electron chi connectivity index (χ0n) is 14.3. The van der Waals surface area contributed by atoms with Crippen LogP contribution in [-0.4, -0.2) is 17.0 Å². The molecule has 1 heterocycles. The summed E-state index contributed by atoms with van der Waals surface area (Å²) in [7, 11) is 0. The Bertz CT molecular complexity index is 908. The van der Waals surface area contributed by atoms with Crippen molar-refractivity contribution >= 4 is 28.1 Å². The van der Waals surface area contributed by atoms with Gasteiger partial charge in [-0.2, -0.15) is 0 Å². The molecule has 7 heteroatoms. The predicted molar refractivity (Wildman–Crippen MR) is 102 cm³/mol. The summed E-state index contributed by atoms with van der Waals surface area (Å²) < 4.78 is 18.6. The molecule has 1 unspecified atom stereocenters. The van der Waals surface area contributed by atoms with E-state index in [1.165, 1.54) is 35.6 Å². The van der Waals surface area contributed by atoms with Crippen LogP contribution in [0.3, 0.4) is 0 Å². The minimum absolute atomic E-state index is 0.316. The lowest BCUT2D eigenvalue weighted by atomic mass is 10.1. The second-order valence-electron chi connectivity index (χ2n) is 5.74. The number of anilines is 2. The van der Waals surface area contributed by atoms with Crippen molar-refractivity contribution in [3.8, 4) is 17.0 Å². The maximum Gasteiger partial charge on any atom is 0.265 e. The van der Waals surface area contributed by atoms with Gasteiger partial charge in [0.15, 0.2) is 11.2 Å². The number of rotatable bonds is 5. The Morgan fingerprint density at radius 3 is 2.42 bits per heavy atom. The molecule has 1 aromatic heterocycles. The van der Waals surface area contributed by atoms with Crippen molar-refractivity contribution in [1.82, 2.24) is 4.98 Å². The molecule has 2 aromatic carbocycles. The summed E-state index contributed by atoms with van der Waals surface area (Å²) in [4.78, 5) is 17.5. The van der Waals surface area contributed by atoms with Crippen LogP contribution < -0.4 is 15.8 Å². The van der Waals surface area contributed by atoms with Crippen LogP contribution in [0.2, 0.25) is 0 Å². The van der Waals surface area contributed by atoms with Gasteiger partial charge >= 0.3 is 0 Å². The van der Waals surface area contributed by atoms with E-state index in [-0.39, 0.29) is 11.7 Å². The van der Waals surface area contributed by atoms with Gasteiger partial charge in [-0.1, -0.05) is 0 Å². The van der Waals surface area contributed by atoms with Crippen LogP contribution in [0.5, 0.6) is 5.75 Å². The molecular weight excluding hydrogens is 353 g/mol. The maximum absolute atomic E-state index is 12.9. The van der Waals surface area contributed by atoms with Gasteiger partial charge in [-0.25, -0.2) is 9.37 Å². The third-order valence-electron chi connectivity index (χ3n) is 3.73. The molecule has 3 N–H and O–H groups in total.